The van der Waals surface area contributed by atoms with Crippen LogP contribution in [0.4, 0.5) is 4.79 Å². The minimum absolute atomic E-state index is 0.192. The van der Waals surface area contributed by atoms with Crippen LogP contribution in [0.2, 0.25) is 5.02 Å². The quantitative estimate of drug-likeness (QED) is 0.662. The lowest BCUT2D eigenvalue weighted by molar-refractivity contribution is 0.0184. The number of halogens is 1. The molecule has 0 bridgehead atoms. The molecule has 3 nitrogen and oxygen atoms in total. The summed E-state index contributed by atoms with van der Waals surface area (Å²) < 4.78 is 5.59. The van der Waals surface area contributed by atoms with Crippen molar-refractivity contribution in [1.29, 1.82) is 0 Å². The van der Waals surface area contributed by atoms with Crippen molar-refractivity contribution in [2.24, 2.45) is 0 Å². The highest BCUT2D eigenvalue weighted by atomic mass is 35.5. The van der Waals surface area contributed by atoms with Crippen LogP contribution in [0.25, 0.3) is 0 Å². The van der Waals surface area contributed by atoms with Gasteiger partial charge in [-0.15, -0.1) is 0 Å². The molecule has 2 atom stereocenters. The van der Waals surface area contributed by atoms with Gasteiger partial charge in [0.1, 0.15) is 5.60 Å². The molecule has 2 unspecified atom stereocenters. The summed E-state index contributed by atoms with van der Waals surface area (Å²) in [6, 6.07) is 18.5. The molecule has 2 aromatic rings. The Morgan fingerprint density at radius 3 is 2.38 bits per heavy atom. The van der Waals surface area contributed by atoms with Gasteiger partial charge in [-0.3, -0.25) is 0 Å². The Balaban J connectivity index is 1.88. The van der Waals surface area contributed by atoms with Crippen molar-refractivity contribution in [3.63, 3.8) is 0 Å². The fraction of sp³-hybridized carbons (Fsp3) is 0.409. The average Bonchev–Trinajstić information content (AvgIpc) is 2.60. The van der Waals surface area contributed by atoms with E-state index < -0.39 is 5.60 Å². The molecule has 1 amide bonds. The molecular formula is C22H26ClNO2. The van der Waals surface area contributed by atoms with Crippen molar-refractivity contribution in [3.8, 4) is 0 Å². The second-order valence-electron chi connectivity index (χ2n) is 7.89. The number of ether oxygens (including phenoxy) is 1. The molecule has 0 saturated carbocycles. The summed E-state index contributed by atoms with van der Waals surface area (Å²) in [5, 5.41) is 0.726. The van der Waals surface area contributed by atoms with Crippen LogP contribution in [-0.2, 0) is 4.74 Å². The number of benzene rings is 2. The van der Waals surface area contributed by atoms with Gasteiger partial charge in [0.25, 0.3) is 0 Å². The number of likely N-dealkylation sites (tertiary alicyclic amines) is 1. The second kappa shape index (κ2) is 7.71. The summed E-state index contributed by atoms with van der Waals surface area (Å²) in [6.07, 6.45) is 0.663. The third-order valence-electron chi connectivity index (χ3n) is 4.77. The van der Waals surface area contributed by atoms with Crippen molar-refractivity contribution in [2.75, 3.05) is 13.1 Å². The topological polar surface area (TPSA) is 29.5 Å². The molecular weight excluding hydrogens is 346 g/mol. The molecule has 2 aromatic carbocycles. The van der Waals surface area contributed by atoms with Crippen LogP contribution >= 0.6 is 11.6 Å². The van der Waals surface area contributed by atoms with Crippen molar-refractivity contribution in [3.05, 3.63) is 70.7 Å². The molecule has 0 radical (unpaired) electrons. The fourth-order valence-electron chi connectivity index (χ4n) is 3.62. The normalized spacial score (nSPS) is 20.7. The minimum atomic E-state index is -0.487. The smallest absolute Gasteiger partial charge is 0.410 e. The first-order valence-electron chi connectivity index (χ1n) is 9.12. The van der Waals surface area contributed by atoms with Gasteiger partial charge in [0.2, 0.25) is 0 Å². The van der Waals surface area contributed by atoms with Crippen LogP contribution in [0.5, 0.6) is 0 Å². The van der Waals surface area contributed by atoms with Gasteiger partial charge in [0, 0.05) is 24.0 Å². The Morgan fingerprint density at radius 1 is 1.04 bits per heavy atom. The summed E-state index contributed by atoms with van der Waals surface area (Å²) in [6.45, 7) is 7.03. The van der Waals surface area contributed by atoms with Crippen molar-refractivity contribution >= 4 is 17.7 Å². The van der Waals surface area contributed by atoms with E-state index in [1.807, 2.05) is 49.9 Å². The third-order valence-corrected chi connectivity index (χ3v) is 5.00. The summed E-state index contributed by atoms with van der Waals surface area (Å²) >= 11 is 6.24. The fourth-order valence-corrected chi connectivity index (χ4v) is 3.82. The van der Waals surface area contributed by atoms with Crippen LogP contribution < -0.4 is 0 Å². The van der Waals surface area contributed by atoms with Crippen LogP contribution in [0.15, 0.2) is 54.6 Å². The number of rotatable bonds is 2. The molecule has 1 fully saturated rings. The molecule has 1 aliphatic rings. The van der Waals surface area contributed by atoms with Gasteiger partial charge < -0.3 is 9.64 Å². The number of nitrogens with zero attached hydrogens (tertiary/aromatic N) is 1. The zero-order valence-corrected chi connectivity index (χ0v) is 16.4. The maximum Gasteiger partial charge on any atom is 0.410 e. The lowest BCUT2D eigenvalue weighted by Crippen LogP contribution is -2.44. The molecule has 0 aromatic heterocycles. The summed E-state index contributed by atoms with van der Waals surface area (Å²) in [5.74, 6) is 0.547. The summed E-state index contributed by atoms with van der Waals surface area (Å²) in [7, 11) is 0. The molecule has 3 rings (SSSR count). The van der Waals surface area contributed by atoms with E-state index >= 15 is 0 Å². The maximum atomic E-state index is 12.6. The number of carbonyl (C=O) groups excluding carboxylic acids is 1. The Hall–Kier alpha value is -2.00. The van der Waals surface area contributed by atoms with Crippen LogP contribution in [-0.4, -0.2) is 29.7 Å². The van der Waals surface area contributed by atoms with Crippen molar-refractivity contribution in [2.45, 2.75) is 44.6 Å². The van der Waals surface area contributed by atoms with E-state index in [0.717, 1.165) is 11.4 Å². The minimum Gasteiger partial charge on any atom is -0.444 e. The van der Waals surface area contributed by atoms with E-state index in [9.17, 15) is 4.79 Å². The predicted molar refractivity (Wildman–Crippen MR) is 106 cm³/mol. The van der Waals surface area contributed by atoms with E-state index in [4.69, 9.17) is 16.3 Å². The zero-order valence-electron chi connectivity index (χ0n) is 15.6. The highest BCUT2D eigenvalue weighted by molar-refractivity contribution is 6.30. The molecule has 4 heteroatoms. The average molecular weight is 372 g/mol. The van der Waals surface area contributed by atoms with E-state index in [2.05, 4.69) is 30.3 Å². The highest BCUT2D eigenvalue weighted by Crippen LogP contribution is 2.40. The SMILES string of the molecule is CC(C)(C)OC(=O)N1CCC(c2ccccc2)C(c2cccc(Cl)c2)C1. The monoisotopic (exact) mass is 371 g/mol. The first kappa shape index (κ1) is 18.8. The number of piperidine rings is 1. The van der Waals surface area contributed by atoms with Crippen molar-refractivity contribution in [1.82, 2.24) is 4.90 Å². The molecule has 0 spiro atoms. The van der Waals surface area contributed by atoms with E-state index in [0.29, 0.717) is 19.0 Å². The lowest BCUT2D eigenvalue weighted by atomic mass is 9.77. The highest BCUT2D eigenvalue weighted by Gasteiger charge is 2.35. The predicted octanol–water partition coefficient (Wildman–Crippen LogP) is 5.85. The van der Waals surface area contributed by atoms with E-state index in [1.165, 1.54) is 11.1 Å². The Bertz CT molecular complexity index is 754. The van der Waals surface area contributed by atoms with Gasteiger partial charge in [-0.2, -0.15) is 0 Å². The van der Waals surface area contributed by atoms with Crippen molar-refractivity contribution < 1.29 is 9.53 Å². The third kappa shape index (κ3) is 4.59. The van der Waals surface area contributed by atoms with Gasteiger partial charge in [0.05, 0.1) is 0 Å². The number of hydrogen-bond acceptors (Lipinski definition) is 2. The van der Waals surface area contributed by atoms with Crippen LogP contribution in [0, 0.1) is 0 Å². The molecule has 1 heterocycles. The molecule has 0 N–H and O–H groups in total. The first-order chi connectivity index (χ1) is 12.3. The van der Waals surface area contributed by atoms with Gasteiger partial charge >= 0.3 is 6.09 Å². The first-order valence-corrected chi connectivity index (χ1v) is 9.49. The largest absolute Gasteiger partial charge is 0.444 e. The van der Waals surface area contributed by atoms with Crippen LogP contribution in [0.3, 0.4) is 0 Å². The molecule has 0 aliphatic carbocycles. The second-order valence-corrected chi connectivity index (χ2v) is 8.33. The lowest BCUT2D eigenvalue weighted by Gasteiger charge is -2.39. The Kier molecular flexibility index (Phi) is 5.57. The van der Waals surface area contributed by atoms with Gasteiger partial charge in [0.15, 0.2) is 0 Å². The van der Waals surface area contributed by atoms with E-state index in [-0.39, 0.29) is 12.0 Å². The van der Waals surface area contributed by atoms with Gasteiger partial charge in [-0.05, 0) is 56.4 Å². The molecule has 26 heavy (non-hydrogen) atoms. The Morgan fingerprint density at radius 2 is 1.73 bits per heavy atom. The summed E-state index contributed by atoms with van der Waals surface area (Å²) in [5.41, 5.74) is 1.99. The van der Waals surface area contributed by atoms with Crippen LogP contribution in [0.1, 0.15) is 50.2 Å². The zero-order chi connectivity index (χ0) is 18.7. The Labute approximate surface area is 160 Å². The van der Waals surface area contributed by atoms with Gasteiger partial charge in [-0.1, -0.05) is 54.1 Å². The number of carbonyl (C=O) groups is 1. The molecule has 138 valence electrons. The molecule has 1 aliphatic heterocycles. The number of amides is 1. The maximum absolute atomic E-state index is 12.6. The standard InChI is InChI=1S/C22H26ClNO2/c1-22(2,3)26-21(25)24-13-12-19(16-8-5-4-6-9-16)20(15-24)17-10-7-11-18(23)14-17/h4-11,14,19-20H,12-13,15H2,1-3H3. The molecule has 1 saturated heterocycles. The summed E-state index contributed by atoms with van der Waals surface area (Å²) in [4.78, 5) is 14.4. The van der Waals surface area contributed by atoms with Gasteiger partial charge in [-0.25, -0.2) is 4.79 Å². The number of hydrogen-bond donors (Lipinski definition) is 0. The van der Waals surface area contributed by atoms with E-state index in [1.54, 1.807) is 0 Å².